The quantitative estimate of drug-likeness (QED) is 0.493. The van der Waals surface area contributed by atoms with E-state index in [0.717, 1.165) is 74.1 Å². The lowest BCUT2D eigenvalue weighted by Crippen LogP contribution is -2.54. The number of hydrogen-bond acceptors (Lipinski definition) is 9. The molecule has 1 aliphatic carbocycles. The Balaban J connectivity index is 1.25. The third-order valence-electron chi connectivity index (χ3n) is 9.27. The van der Waals surface area contributed by atoms with Gasteiger partial charge in [0.2, 0.25) is 5.95 Å². The molecule has 2 fully saturated rings. The van der Waals surface area contributed by atoms with Gasteiger partial charge in [-0.05, 0) is 75.9 Å². The summed E-state index contributed by atoms with van der Waals surface area (Å²) in [6.07, 6.45) is 4.71. The lowest BCUT2D eigenvalue weighted by atomic mass is 9.73. The molecule has 4 aliphatic rings. The van der Waals surface area contributed by atoms with E-state index in [-0.39, 0.29) is 17.1 Å². The number of ether oxygens (including phenoxy) is 2. The van der Waals surface area contributed by atoms with Crippen LogP contribution in [0.1, 0.15) is 57.4 Å². The van der Waals surface area contributed by atoms with Crippen LogP contribution in [0.4, 0.5) is 29.0 Å². The molecule has 0 spiro atoms. The molecule has 3 N–H and O–H groups in total. The Hall–Kier alpha value is -3.27. The zero-order valence-corrected chi connectivity index (χ0v) is 23.9. The highest BCUT2D eigenvalue weighted by molar-refractivity contribution is 5.71. The SMILES string of the molecule is CC1(C)C[C@@H]2N(c3ccc4c(n3)[C@@](C)(N)CC4)c3nc(Nc4ccc(N5CCOCC5)cc4)ncc3[C@]2(C)CO1. The number of anilines is 5. The smallest absolute Gasteiger partial charge is 0.229 e. The van der Waals surface area contributed by atoms with Crippen LogP contribution in [0, 0.1) is 0 Å². The Bertz CT molecular complexity index is 1430. The van der Waals surface area contributed by atoms with Gasteiger partial charge < -0.3 is 30.3 Å². The molecule has 9 heteroatoms. The third-order valence-corrected chi connectivity index (χ3v) is 9.27. The van der Waals surface area contributed by atoms with Crippen molar-refractivity contribution in [3.05, 3.63) is 59.4 Å². The van der Waals surface area contributed by atoms with E-state index >= 15 is 0 Å². The largest absolute Gasteiger partial charge is 0.378 e. The molecule has 2 aromatic heterocycles. The van der Waals surface area contributed by atoms with Crippen LogP contribution in [0.15, 0.2) is 42.6 Å². The minimum Gasteiger partial charge on any atom is -0.378 e. The zero-order valence-electron chi connectivity index (χ0n) is 23.9. The molecule has 2 saturated heterocycles. The molecule has 1 aromatic carbocycles. The highest BCUT2D eigenvalue weighted by Gasteiger charge is 2.55. The maximum Gasteiger partial charge on any atom is 0.229 e. The van der Waals surface area contributed by atoms with Crippen LogP contribution in [0.2, 0.25) is 0 Å². The molecule has 7 rings (SSSR count). The maximum absolute atomic E-state index is 6.67. The van der Waals surface area contributed by atoms with Gasteiger partial charge in [-0.1, -0.05) is 13.0 Å². The molecular formula is C31H39N7O2. The van der Waals surface area contributed by atoms with E-state index in [0.29, 0.717) is 12.6 Å². The lowest BCUT2D eigenvalue weighted by molar-refractivity contribution is -0.0893. The van der Waals surface area contributed by atoms with Crippen molar-refractivity contribution in [2.75, 3.05) is 48.0 Å². The molecule has 40 heavy (non-hydrogen) atoms. The zero-order chi connectivity index (χ0) is 27.7. The summed E-state index contributed by atoms with van der Waals surface area (Å²) in [5.74, 6) is 2.35. The molecule has 0 saturated carbocycles. The molecule has 0 amide bonds. The van der Waals surface area contributed by atoms with Crippen LogP contribution < -0.4 is 20.9 Å². The number of aromatic nitrogens is 3. The van der Waals surface area contributed by atoms with Crippen molar-refractivity contribution in [3.63, 3.8) is 0 Å². The van der Waals surface area contributed by atoms with Gasteiger partial charge in [-0.2, -0.15) is 4.98 Å². The van der Waals surface area contributed by atoms with Crippen molar-refractivity contribution in [1.29, 1.82) is 0 Å². The molecule has 3 aliphatic heterocycles. The Morgan fingerprint density at radius 3 is 2.55 bits per heavy atom. The number of nitrogens with one attached hydrogen (secondary N) is 1. The van der Waals surface area contributed by atoms with Gasteiger partial charge in [-0.3, -0.25) is 0 Å². The number of nitrogens with zero attached hydrogens (tertiary/aromatic N) is 5. The number of pyridine rings is 1. The summed E-state index contributed by atoms with van der Waals surface area (Å²) in [5.41, 5.74) is 11.2. The first-order valence-corrected chi connectivity index (χ1v) is 14.4. The van der Waals surface area contributed by atoms with Crippen molar-refractivity contribution in [2.45, 2.75) is 69.6 Å². The Kier molecular flexibility index (Phi) is 5.86. The molecule has 3 aromatic rings. The summed E-state index contributed by atoms with van der Waals surface area (Å²) in [6.45, 7) is 12.7. The van der Waals surface area contributed by atoms with E-state index in [4.69, 9.17) is 30.2 Å². The Labute approximate surface area is 236 Å². The van der Waals surface area contributed by atoms with Gasteiger partial charge >= 0.3 is 0 Å². The van der Waals surface area contributed by atoms with Gasteiger partial charge in [-0.25, -0.2) is 9.97 Å². The molecule has 9 nitrogen and oxygen atoms in total. The van der Waals surface area contributed by atoms with Gasteiger partial charge in [0.05, 0.1) is 42.7 Å². The third kappa shape index (κ3) is 4.22. The van der Waals surface area contributed by atoms with Crippen molar-refractivity contribution < 1.29 is 9.47 Å². The van der Waals surface area contributed by atoms with Crippen LogP contribution in [-0.2, 0) is 26.8 Å². The van der Waals surface area contributed by atoms with E-state index in [1.54, 1.807) is 0 Å². The minimum atomic E-state index is -0.419. The number of aryl methyl sites for hydroxylation is 1. The fraction of sp³-hybridized carbons (Fsp3) is 0.516. The summed E-state index contributed by atoms with van der Waals surface area (Å²) < 4.78 is 11.9. The second kappa shape index (κ2) is 9.12. The Morgan fingerprint density at radius 1 is 1.00 bits per heavy atom. The molecule has 3 atom stereocenters. The van der Waals surface area contributed by atoms with Crippen LogP contribution in [-0.4, -0.2) is 59.5 Å². The standard InChI is InChI=1S/C31H39N7O2/c1-29(2)17-24-30(3,19-40-29)23-18-33-28(34-21-6-8-22(9-7-21)37-13-15-39-16-14-37)36-27(23)38(24)25-10-5-20-11-12-31(4,32)26(20)35-25/h5-10,18,24H,11-17,19,32H2,1-4H3,(H,33,34,36)/t24-,30-,31-/m0/s1. The fourth-order valence-electron chi connectivity index (χ4n) is 6.79. The predicted octanol–water partition coefficient (Wildman–Crippen LogP) is 4.55. The van der Waals surface area contributed by atoms with Crippen molar-refractivity contribution >= 4 is 29.0 Å². The van der Waals surface area contributed by atoms with E-state index < -0.39 is 5.54 Å². The summed E-state index contributed by atoms with van der Waals surface area (Å²) in [7, 11) is 0. The molecule has 0 bridgehead atoms. The number of rotatable bonds is 4. The van der Waals surface area contributed by atoms with Gasteiger partial charge in [0.25, 0.3) is 0 Å². The first-order valence-electron chi connectivity index (χ1n) is 14.4. The second-order valence-electron chi connectivity index (χ2n) is 12.9. The van der Waals surface area contributed by atoms with Crippen molar-refractivity contribution in [3.8, 4) is 0 Å². The van der Waals surface area contributed by atoms with E-state index in [1.165, 1.54) is 11.3 Å². The van der Waals surface area contributed by atoms with E-state index in [2.05, 4.69) is 79.2 Å². The Morgan fingerprint density at radius 2 is 1.77 bits per heavy atom. The number of fused-ring (bicyclic) bond motifs is 4. The normalized spacial score (nSPS) is 28.7. The molecule has 0 radical (unpaired) electrons. The molecular weight excluding hydrogens is 502 g/mol. The predicted molar refractivity (Wildman–Crippen MR) is 157 cm³/mol. The fourth-order valence-corrected chi connectivity index (χ4v) is 6.79. The second-order valence-corrected chi connectivity index (χ2v) is 12.9. The minimum absolute atomic E-state index is 0.139. The summed E-state index contributed by atoms with van der Waals surface area (Å²) in [4.78, 5) is 19.7. The monoisotopic (exact) mass is 541 g/mol. The summed E-state index contributed by atoms with van der Waals surface area (Å²) in [6, 6.07) is 12.9. The van der Waals surface area contributed by atoms with Gasteiger partial charge in [-0.15, -0.1) is 0 Å². The number of benzene rings is 1. The van der Waals surface area contributed by atoms with Gasteiger partial charge in [0.1, 0.15) is 11.6 Å². The van der Waals surface area contributed by atoms with Crippen molar-refractivity contribution in [1.82, 2.24) is 15.0 Å². The average Bonchev–Trinajstić information content (AvgIpc) is 3.38. The van der Waals surface area contributed by atoms with Crippen LogP contribution in [0.5, 0.6) is 0 Å². The van der Waals surface area contributed by atoms with Crippen LogP contribution in [0.3, 0.4) is 0 Å². The molecule has 210 valence electrons. The highest BCUT2D eigenvalue weighted by atomic mass is 16.5. The first-order chi connectivity index (χ1) is 19.1. The summed E-state index contributed by atoms with van der Waals surface area (Å²) >= 11 is 0. The van der Waals surface area contributed by atoms with Gasteiger partial charge in [0.15, 0.2) is 0 Å². The molecule has 5 heterocycles. The van der Waals surface area contributed by atoms with E-state index in [9.17, 15) is 0 Å². The first kappa shape index (κ1) is 25.7. The average molecular weight is 542 g/mol. The molecule has 0 unspecified atom stereocenters. The number of nitrogens with two attached hydrogens (primary N) is 1. The maximum atomic E-state index is 6.67. The number of morpholine rings is 1. The van der Waals surface area contributed by atoms with Crippen LogP contribution >= 0.6 is 0 Å². The lowest BCUT2D eigenvalue weighted by Gasteiger charge is -2.46. The summed E-state index contributed by atoms with van der Waals surface area (Å²) in [5, 5.41) is 3.44. The highest BCUT2D eigenvalue weighted by Crippen LogP contribution is 2.53. The van der Waals surface area contributed by atoms with Gasteiger partial charge in [0, 0.05) is 41.6 Å². The number of hydrogen-bond donors (Lipinski definition) is 2. The van der Waals surface area contributed by atoms with Crippen molar-refractivity contribution in [2.24, 2.45) is 5.73 Å². The van der Waals surface area contributed by atoms with Crippen LogP contribution in [0.25, 0.3) is 0 Å². The van der Waals surface area contributed by atoms with E-state index in [1.807, 2.05) is 6.20 Å². The topological polar surface area (TPSA) is 102 Å².